The molecule has 0 aromatic heterocycles. The Balaban J connectivity index is 1.94. The zero-order valence-electron chi connectivity index (χ0n) is 12.3. The predicted octanol–water partition coefficient (Wildman–Crippen LogP) is 2.80. The lowest BCUT2D eigenvalue weighted by Gasteiger charge is -2.11. The average Bonchev–Trinajstić information content (AvgIpc) is 2.52. The Labute approximate surface area is 135 Å². The molecule has 0 saturated carbocycles. The molecule has 2 aromatic rings. The summed E-state index contributed by atoms with van der Waals surface area (Å²) in [4.78, 5) is 23.7. The standard InChI is InChI=1S/C16H13F3N2O3/c17-10-4-3-5-11(8-10)21-14(22)9-20-15(23)12-6-1-2-7-13(12)24-16(18)19/h1-8,16H,9H2,(H,20,23)(H,21,22). The zero-order valence-corrected chi connectivity index (χ0v) is 12.3. The number of anilines is 1. The molecule has 0 aliphatic rings. The summed E-state index contributed by atoms with van der Waals surface area (Å²) < 4.78 is 41.9. The van der Waals surface area contributed by atoms with Crippen LogP contribution in [0.3, 0.4) is 0 Å². The molecule has 0 bridgehead atoms. The van der Waals surface area contributed by atoms with Crippen LogP contribution in [0.25, 0.3) is 0 Å². The van der Waals surface area contributed by atoms with Gasteiger partial charge in [0.15, 0.2) is 0 Å². The quantitative estimate of drug-likeness (QED) is 0.851. The van der Waals surface area contributed by atoms with Crippen molar-refractivity contribution >= 4 is 17.5 Å². The van der Waals surface area contributed by atoms with Gasteiger partial charge in [0.25, 0.3) is 5.91 Å². The summed E-state index contributed by atoms with van der Waals surface area (Å²) in [6.07, 6.45) is 0. The van der Waals surface area contributed by atoms with Crippen LogP contribution in [0.5, 0.6) is 5.75 Å². The van der Waals surface area contributed by atoms with Gasteiger partial charge in [-0.2, -0.15) is 8.78 Å². The lowest BCUT2D eigenvalue weighted by Crippen LogP contribution is -2.33. The van der Waals surface area contributed by atoms with E-state index in [2.05, 4.69) is 15.4 Å². The summed E-state index contributed by atoms with van der Waals surface area (Å²) >= 11 is 0. The van der Waals surface area contributed by atoms with Crippen LogP contribution < -0.4 is 15.4 Å². The highest BCUT2D eigenvalue weighted by Crippen LogP contribution is 2.20. The zero-order chi connectivity index (χ0) is 17.5. The minimum atomic E-state index is -3.07. The van der Waals surface area contributed by atoms with Crippen molar-refractivity contribution in [2.24, 2.45) is 0 Å². The van der Waals surface area contributed by atoms with Crippen LogP contribution in [-0.2, 0) is 4.79 Å². The van der Waals surface area contributed by atoms with Gasteiger partial charge in [0.05, 0.1) is 12.1 Å². The van der Waals surface area contributed by atoms with E-state index in [-0.39, 0.29) is 17.0 Å². The number of nitrogens with one attached hydrogen (secondary N) is 2. The van der Waals surface area contributed by atoms with Gasteiger partial charge in [0.1, 0.15) is 11.6 Å². The van der Waals surface area contributed by atoms with Crippen LogP contribution in [0.1, 0.15) is 10.4 Å². The number of hydrogen-bond acceptors (Lipinski definition) is 3. The van der Waals surface area contributed by atoms with Crippen molar-refractivity contribution in [3.8, 4) is 5.75 Å². The van der Waals surface area contributed by atoms with Gasteiger partial charge in [-0.3, -0.25) is 9.59 Å². The maximum absolute atomic E-state index is 13.0. The molecule has 0 atom stereocenters. The number of alkyl halides is 2. The molecule has 0 spiro atoms. The lowest BCUT2D eigenvalue weighted by molar-refractivity contribution is -0.115. The first-order valence-corrected chi connectivity index (χ1v) is 6.83. The van der Waals surface area contributed by atoms with E-state index < -0.39 is 30.8 Å². The fourth-order valence-corrected chi connectivity index (χ4v) is 1.88. The molecular weight excluding hydrogens is 325 g/mol. The normalized spacial score (nSPS) is 10.3. The maximum Gasteiger partial charge on any atom is 0.387 e. The molecule has 2 N–H and O–H groups in total. The first kappa shape index (κ1) is 17.3. The van der Waals surface area contributed by atoms with Crippen molar-refractivity contribution in [3.05, 3.63) is 59.9 Å². The van der Waals surface area contributed by atoms with Gasteiger partial charge in [-0.25, -0.2) is 4.39 Å². The number of para-hydroxylation sites is 1. The molecule has 0 heterocycles. The fraction of sp³-hybridized carbons (Fsp3) is 0.125. The largest absolute Gasteiger partial charge is 0.434 e. The summed E-state index contributed by atoms with van der Waals surface area (Å²) in [6, 6.07) is 10.6. The average molecular weight is 338 g/mol. The van der Waals surface area contributed by atoms with Gasteiger partial charge in [-0.1, -0.05) is 18.2 Å². The van der Waals surface area contributed by atoms with Crippen molar-refractivity contribution in [1.29, 1.82) is 0 Å². The molecule has 2 aromatic carbocycles. The van der Waals surface area contributed by atoms with Gasteiger partial charge >= 0.3 is 6.61 Å². The summed E-state index contributed by atoms with van der Waals surface area (Å²) in [6.45, 7) is -3.49. The Hall–Kier alpha value is -3.03. The highest BCUT2D eigenvalue weighted by Gasteiger charge is 2.16. The number of hydrogen-bond donors (Lipinski definition) is 2. The smallest absolute Gasteiger partial charge is 0.387 e. The Morgan fingerprint density at radius 3 is 2.54 bits per heavy atom. The maximum atomic E-state index is 13.0. The van der Waals surface area contributed by atoms with E-state index in [9.17, 15) is 22.8 Å². The van der Waals surface area contributed by atoms with Gasteiger partial charge in [-0.05, 0) is 30.3 Å². The number of carbonyl (C=O) groups excluding carboxylic acids is 2. The summed E-state index contributed by atoms with van der Waals surface area (Å²) in [5.41, 5.74) is 0.104. The molecule has 0 fully saturated rings. The van der Waals surface area contributed by atoms with Crippen molar-refractivity contribution in [1.82, 2.24) is 5.32 Å². The first-order chi connectivity index (χ1) is 11.5. The number of amides is 2. The van der Waals surface area contributed by atoms with Gasteiger partial charge in [-0.15, -0.1) is 0 Å². The molecule has 0 radical (unpaired) electrons. The minimum absolute atomic E-state index is 0.128. The number of ether oxygens (including phenoxy) is 1. The van der Waals surface area contributed by atoms with Crippen molar-refractivity contribution in [3.63, 3.8) is 0 Å². The Morgan fingerprint density at radius 2 is 1.83 bits per heavy atom. The van der Waals surface area contributed by atoms with Crippen LogP contribution >= 0.6 is 0 Å². The molecule has 0 saturated heterocycles. The lowest BCUT2D eigenvalue weighted by atomic mass is 10.2. The molecule has 0 aliphatic carbocycles. The van der Waals surface area contributed by atoms with Gasteiger partial charge in [0, 0.05) is 5.69 Å². The van der Waals surface area contributed by atoms with Gasteiger partial charge < -0.3 is 15.4 Å². The molecule has 126 valence electrons. The molecule has 2 rings (SSSR count). The Morgan fingerprint density at radius 1 is 1.08 bits per heavy atom. The van der Waals surface area contributed by atoms with Crippen LogP contribution in [0.2, 0.25) is 0 Å². The van der Waals surface area contributed by atoms with E-state index in [0.29, 0.717) is 0 Å². The third-order valence-electron chi connectivity index (χ3n) is 2.87. The van der Waals surface area contributed by atoms with E-state index >= 15 is 0 Å². The van der Waals surface area contributed by atoms with Crippen LogP contribution in [0, 0.1) is 5.82 Å². The molecule has 0 aliphatic heterocycles. The number of rotatable bonds is 6. The summed E-state index contributed by atoms with van der Waals surface area (Å²) in [5, 5.41) is 4.67. The second-order valence-electron chi connectivity index (χ2n) is 4.62. The number of benzene rings is 2. The van der Waals surface area contributed by atoms with E-state index in [1.165, 1.54) is 42.5 Å². The molecular formula is C16H13F3N2O3. The third-order valence-corrected chi connectivity index (χ3v) is 2.87. The second kappa shape index (κ2) is 8.00. The second-order valence-corrected chi connectivity index (χ2v) is 4.62. The molecule has 24 heavy (non-hydrogen) atoms. The van der Waals surface area contributed by atoms with E-state index in [1.54, 1.807) is 0 Å². The number of carbonyl (C=O) groups is 2. The number of halogens is 3. The Kier molecular flexibility index (Phi) is 5.78. The van der Waals surface area contributed by atoms with Crippen LogP contribution in [0.15, 0.2) is 48.5 Å². The van der Waals surface area contributed by atoms with Gasteiger partial charge in [0.2, 0.25) is 5.91 Å². The molecule has 0 unspecified atom stereocenters. The fourth-order valence-electron chi connectivity index (χ4n) is 1.88. The minimum Gasteiger partial charge on any atom is -0.434 e. The highest BCUT2D eigenvalue weighted by molar-refractivity contribution is 6.00. The molecule has 2 amide bonds. The van der Waals surface area contributed by atoms with Crippen LogP contribution in [-0.4, -0.2) is 25.0 Å². The van der Waals surface area contributed by atoms with Crippen molar-refractivity contribution in [2.75, 3.05) is 11.9 Å². The van der Waals surface area contributed by atoms with Crippen molar-refractivity contribution < 1.29 is 27.5 Å². The van der Waals surface area contributed by atoms with Crippen LogP contribution in [0.4, 0.5) is 18.9 Å². The third kappa shape index (κ3) is 5.01. The monoisotopic (exact) mass is 338 g/mol. The topological polar surface area (TPSA) is 67.4 Å². The molecule has 5 nitrogen and oxygen atoms in total. The molecule has 8 heteroatoms. The van der Waals surface area contributed by atoms with Crippen molar-refractivity contribution in [2.45, 2.75) is 6.61 Å². The first-order valence-electron chi connectivity index (χ1n) is 6.83. The SMILES string of the molecule is O=C(CNC(=O)c1ccccc1OC(F)F)Nc1cccc(F)c1. The predicted molar refractivity (Wildman–Crippen MR) is 80.4 cm³/mol. The summed E-state index contributed by atoms with van der Waals surface area (Å²) in [5.74, 6) is -2.16. The van der Waals surface area contributed by atoms with E-state index in [0.717, 1.165) is 6.07 Å². The Bertz CT molecular complexity index is 738. The van der Waals surface area contributed by atoms with E-state index in [4.69, 9.17) is 0 Å². The highest BCUT2D eigenvalue weighted by atomic mass is 19.3. The summed E-state index contributed by atoms with van der Waals surface area (Å²) in [7, 11) is 0. The van der Waals surface area contributed by atoms with E-state index in [1.807, 2.05) is 0 Å².